The molecule has 0 unspecified atom stereocenters. The summed E-state index contributed by atoms with van der Waals surface area (Å²) < 4.78 is 11.5. The summed E-state index contributed by atoms with van der Waals surface area (Å²) in [4.78, 5) is 11.9. The summed E-state index contributed by atoms with van der Waals surface area (Å²) in [5.74, 6) is 3.46. The number of carbonyl (C=O) groups excluding carboxylic acids is 1. The Balaban J connectivity index is 1.27. The molecule has 0 amide bonds. The number of hydrogen-bond donors (Lipinski definition) is 1. The minimum Gasteiger partial charge on any atom is -0.493 e. The maximum absolute atomic E-state index is 11.9. The van der Waals surface area contributed by atoms with Crippen molar-refractivity contribution >= 4 is 16.7 Å². The van der Waals surface area contributed by atoms with Gasteiger partial charge >= 0.3 is 5.97 Å². The maximum atomic E-state index is 11.9. The first-order chi connectivity index (χ1) is 19.6. The largest absolute Gasteiger partial charge is 0.493 e. The molecule has 0 aromatic heterocycles. The fourth-order valence-electron chi connectivity index (χ4n) is 8.45. The third kappa shape index (κ3) is 5.65. The Morgan fingerprint density at radius 2 is 1.40 bits per heavy atom. The van der Waals surface area contributed by atoms with Crippen LogP contribution in [0.4, 0.5) is 0 Å². The average Bonchev–Trinajstić information content (AvgIpc) is 2.97. The van der Waals surface area contributed by atoms with Gasteiger partial charge in [0.05, 0.1) is 19.3 Å². The molecule has 4 nitrogen and oxygen atoms in total. The Hall–Kier alpha value is -2.85. The topological polar surface area (TPSA) is 55.8 Å². The molecule has 4 fully saturated rings. The normalized spacial score (nSPS) is 24.9. The van der Waals surface area contributed by atoms with Crippen LogP contribution in [0, 0.1) is 17.8 Å². The van der Waals surface area contributed by atoms with Gasteiger partial charge in [-0.2, -0.15) is 0 Å². The predicted molar refractivity (Wildman–Crippen MR) is 161 cm³/mol. The van der Waals surface area contributed by atoms with Crippen LogP contribution in [-0.2, 0) is 10.2 Å². The third-order valence-corrected chi connectivity index (χ3v) is 10.00. The van der Waals surface area contributed by atoms with E-state index in [1.807, 2.05) is 24.3 Å². The first-order valence-electron chi connectivity index (χ1n) is 15.6. The van der Waals surface area contributed by atoms with Crippen molar-refractivity contribution in [2.24, 2.45) is 17.8 Å². The number of methoxy groups -OCH3 is 1. The predicted octanol–water partition coefficient (Wildman–Crippen LogP) is 8.47. The summed E-state index contributed by atoms with van der Waals surface area (Å²) in [5.41, 5.74) is 4.56. The number of fused-ring (bicyclic) bond motifs is 1. The molecule has 4 saturated carbocycles. The van der Waals surface area contributed by atoms with Crippen LogP contribution in [-0.4, -0.2) is 31.4 Å². The van der Waals surface area contributed by atoms with Crippen LogP contribution in [0.5, 0.6) is 5.75 Å². The Kier molecular flexibility index (Phi) is 8.16. The van der Waals surface area contributed by atoms with Crippen molar-refractivity contribution in [3.05, 3.63) is 65.7 Å². The van der Waals surface area contributed by atoms with E-state index in [-0.39, 0.29) is 11.4 Å². The molecular formula is C36H44O4. The Labute approximate surface area is 239 Å². The minimum absolute atomic E-state index is 0.265. The minimum atomic E-state index is -0.306. The molecular weight excluding hydrogens is 496 g/mol. The lowest BCUT2D eigenvalue weighted by atomic mass is 9.48. The van der Waals surface area contributed by atoms with Crippen LogP contribution in [0.1, 0.15) is 93.0 Å². The zero-order valence-corrected chi connectivity index (χ0v) is 24.0. The van der Waals surface area contributed by atoms with Crippen LogP contribution in [0.3, 0.4) is 0 Å². The van der Waals surface area contributed by atoms with Crippen LogP contribution in [0.15, 0.2) is 54.6 Å². The molecule has 3 aromatic carbocycles. The first kappa shape index (κ1) is 27.3. The second-order valence-corrected chi connectivity index (χ2v) is 12.9. The van der Waals surface area contributed by atoms with Gasteiger partial charge in [-0.3, -0.25) is 0 Å². The molecule has 0 radical (unpaired) electrons. The number of rotatable bonds is 12. The highest BCUT2D eigenvalue weighted by Crippen LogP contribution is 2.62. The number of benzene rings is 3. The van der Waals surface area contributed by atoms with Gasteiger partial charge in [-0.25, -0.2) is 4.79 Å². The number of unbranched alkanes of at least 4 members (excludes halogenated alkanes) is 5. The highest BCUT2D eigenvalue weighted by atomic mass is 16.5. The van der Waals surface area contributed by atoms with Gasteiger partial charge in [0, 0.05) is 12.2 Å². The first-order valence-corrected chi connectivity index (χ1v) is 15.6. The molecule has 40 heavy (non-hydrogen) atoms. The molecule has 0 spiro atoms. The molecule has 212 valence electrons. The molecule has 4 aliphatic carbocycles. The highest BCUT2D eigenvalue weighted by molar-refractivity contribution is 5.92. The summed E-state index contributed by atoms with van der Waals surface area (Å²) in [7, 11) is 1.42. The van der Waals surface area contributed by atoms with E-state index in [1.165, 1.54) is 81.2 Å². The molecule has 4 aliphatic rings. The van der Waals surface area contributed by atoms with Gasteiger partial charge in [-0.1, -0.05) is 49.9 Å². The summed E-state index contributed by atoms with van der Waals surface area (Å²) in [6, 6.07) is 19.2. The number of aliphatic hydroxyl groups excluding tert-OH is 1. The average molecular weight is 541 g/mol. The molecule has 0 heterocycles. The van der Waals surface area contributed by atoms with E-state index in [0.29, 0.717) is 12.2 Å². The molecule has 4 bridgehead atoms. The van der Waals surface area contributed by atoms with Crippen LogP contribution in [0.25, 0.3) is 21.9 Å². The van der Waals surface area contributed by atoms with Crippen molar-refractivity contribution in [1.82, 2.24) is 0 Å². The van der Waals surface area contributed by atoms with Crippen molar-refractivity contribution in [1.29, 1.82) is 0 Å². The molecule has 1 N–H and O–H groups in total. The van der Waals surface area contributed by atoms with E-state index in [0.717, 1.165) is 60.5 Å². The number of carbonyl (C=O) groups is 1. The van der Waals surface area contributed by atoms with Gasteiger partial charge in [0.25, 0.3) is 0 Å². The molecule has 0 saturated heterocycles. The lowest BCUT2D eigenvalue weighted by Gasteiger charge is -2.57. The van der Waals surface area contributed by atoms with Gasteiger partial charge < -0.3 is 14.6 Å². The Bertz CT molecular complexity index is 1290. The fraction of sp³-hybridized carbons (Fsp3) is 0.528. The van der Waals surface area contributed by atoms with Crippen molar-refractivity contribution in [3.63, 3.8) is 0 Å². The number of hydrogen-bond acceptors (Lipinski definition) is 4. The Morgan fingerprint density at radius 3 is 2.05 bits per heavy atom. The second kappa shape index (κ2) is 11.9. The van der Waals surface area contributed by atoms with Crippen molar-refractivity contribution in [2.45, 2.75) is 82.5 Å². The van der Waals surface area contributed by atoms with Crippen molar-refractivity contribution < 1.29 is 19.4 Å². The van der Waals surface area contributed by atoms with Crippen molar-refractivity contribution in [3.8, 4) is 16.9 Å². The quantitative estimate of drug-likeness (QED) is 0.185. The van der Waals surface area contributed by atoms with E-state index in [4.69, 9.17) is 14.6 Å². The summed E-state index contributed by atoms with van der Waals surface area (Å²) in [6.45, 7) is 1.08. The lowest BCUT2D eigenvalue weighted by molar-refractivity contribution is -0.00633. The number of aliphatic hydroxyl groups is 1. The third-order valence-electron chi connectivity index (χ3n) is 10.00. The van der Waals surface area contributed by atoms with Gasteiger partial charge in [0.15, 0.2) is 0 Å². The van der Waals surface area contributed by atoms with Gasteiger partial charge in [-0.05, 0) is 127 Å². The van der Waals surface area contributed by atoms with E-state index in [1.54, 1.807) is 0 Å². The number of esters is 1. The monoisotopic (exact) mass is 540 g/mol. The second-order valence-electron chi connectivity index (χ2n) is 12.9. The van der Waals surface area contributed by atoms with Crippen LogP contribution < -0.4 is 4.74 Å². The van der Waals surface area contributed by atoms with Gasteiger partial charge in [0.2, 0.25) is 0 Å². The number of ether oxygens (including phenoxy) is 2. The van der Waals surface area contributed by atoms with Crippen LogP contribution >= 0.6 is 0 Å². The zero-order chi connectivity index (χ0) is 27.5. The van der Waals surface area contributed by atoms with E-state index >= 15 is 0 Å². The molecule has 0 aliphatic heterocycles. The lowest BCUT2D eigenvalue weighted by Crippen LogP contribution is -2.48. The van der Waals surface area contributed by atoms with E-state index in [2.05, 4.69) is 30.3 Å². The van der Waals surface area contributed by atoms with Gasteiger partial charge in [0.1, 0.15) is 5.75 Å². The maximum Gasteiger partial charge on any atom is 0.337 e. The Morgan fingerprint density at radius 1 is 0.775 bits per heavy atom. The molecule has 3 aromatic rings. The smallest absolute Gasteiger partial charge is 0.337 e. The SMILES string of the molecule is COC(=O)c1ccc(-c2ccc3cc(OCCCCCCCCO)c(C45CC6CC(CC(C6)C4)C5)cc3c2)cc1. The van der Waals surface area contributed by atoms with Gasteiger partial charge in [-0.15, -0.1) is 0 Å². The molecule has 7 rings (SSSR count). The highest BCUT2D eigenvalue weighted by Gasteiger charge is 2.52. The van der Waals surface area contributed by atoms with Crippen molar-refractivity contribution in [2.75, 3.05) is 20.3 Å². The van der Waals surface area contributed by atoms with E-state index < -0.39 is 0 Å². The standard InChI is InChI=1S/C36H44O4/c1-39-35(38)29-10-8-28(9-11-29)30-12-13-31-21-34(40-15-7-5-3-2-4-6-14-37)33(20-32(31)19-30)36-22-25-16-26(23-36)18-27(17-25)24-36/h8-13,19-21,25-27,37H,2-7,14-18,22-24H2,1H3. The van der Waals surface area contributed by atoms with Crippen LogP contribution in [0.2, 0.25) is 0 Å². The summed E-state index contributed by atoms with van der Waals surface area (Å²) in [5, 5.41) is 11.5. The molecule has 4 heteroatoms. The van der Waals surface area contributed by atoms with E-state index in [9.17, 15) is 4.79 Å². The summed E-state index contributed by atoms with van der Waals surface area (Å²) >= 11 is 0. The summed E-state index contributed by atoms with van der Waals surface area (Å²) in [6.07, 6.45) is 15.0. The molecule has 0 atom stereocenters. The zero-order valence-electron chi connectivity index (χ0n) is 24.0. The fourth-order valence-corrected chi connectivity index (χ4v) is 8.45.